The lowest BCUT2D eigenvalue weighted by Crippen LogP contribution is -2.55. The predicted octanol–water partition coefficient (Wildman–Crippen LogP) is 0.255. The van der Waals surface area contributed by atoms with Crippen LogP contribution in [-0.4, -0.2) is 48.0 Å². The molecule has 1 fully saturated rings. The Labute approximate surface area is 78.7 Å². The first-order chi connectivity index (χ1) is 6.39. The molecule has 0 aromatic heterocycles. The summed E-state index contributed by atoms with van der Waals surface area (Å²) in [5.41, 5.74) is 0. The Morgan fingerprint density at radius 2 is 2.21 bits per heavy atom. The summed E-state index contributed by atoms with van der Waals surface area (Å²) in [5, 5.41) is 11.1. The number of piperazine rings is 1. The van der Waals surface area contributed by atoms with Gasteiger partial charge >= 0.3 is 12.3 Å². The largest absolute Gasteiger partial charge is 0.481 e. The van der Waals surface area contributed by atoms with Crippen molar-refractivity contribution in [1.29, 1.82) is 0 Å². The lowest BCUT2D eigenvalue weighted by Gasteiger charge is -2.33. The Morgan fingerprint density at radius 1 is 1.57 bits per heavy atom. The van der Waals surface area contributed by atoms with Crippen LogP contribution >= 0.6 is 0 Å². The molecule has 7 heteroatoms. The molecule has 1 atom stereocenters. The van der Waals surface area contributed by atoms with Gasteiger partial charge in [-0.1, -0.05) is 0 Å². The van der Waals surface area contributed by atoms with Crippen molar-refractivity contribution in [2.24, 2.45) is 0 Å². The highest BCUT2D eigenvalue weighted by Crippen LogP contribution is 2.22. The molecule has 1 aliphatic heterocycles. The van der Waals surface area contributed by atoms with E-state index in [0.717, 1.165) is 0 Å². The minimum atomic E-state index is -4.36. The zero-order chi connectivity index (χ0) is 10.8. The average molecular weight is 212 g/mol. The van der Waals surface area contributed by atoms with Gasteiger partial charge in [-0.15, -0.1) is 0 Å². The molecule has 82 valence electrons. The molecule has 2 N–H and O–H groups in total. The number of carbonyl (C=O) groups is 1. The van der Waals surface area contributed by atoms with Crippen LogP contribution in [0.1, 0.15) is 6.42 Å². The van der Waals surface area contributed by atoms with Crippen LogP contribution in [0.5, 0.6) is 0 Å². The molecule has 1 rings (SSSR count). The van der Waals surface area contributed by atoms with E-state index in [9.17, 15) is 18.0 Å². The van der Waals surface area contributed by atoms with E-state index in [4.69, 9.17) is 5.11 Å². The maximum atomic E-state index is 12.2. The topological polar surface area (TPSA) is 52.6 Å². The van der Waals surface area contributed by atoms with E-state index in [1.165, 1.54) is 0 Å². The summed E-state index contributed by atoms with van der Waals surface area (Å²) in [6.07, 6.45) is -4.65. The molecule has 0 saturated carbocycles. The average Bonchev–Trinajstić information content (AvgIpc) is 2.01. The van der Waals surface area contributed by atoms with Crippen molar-refractivity contribution in [3.8, 4) is 0 Å². The molecule has 4 nitrogen and oxygen atoms in total. The standard InChI is InChI=1S/C7H11F3N2O2/c8-7(9,10)12-2-1-11-5(4-12)3-6(13)14/h5,11H,1-4H2,(H,13,14). The van der Waals surface area contributed by atoms with Gasteiger partial charge < -0.3 is 10.4 Å². The van der Waals surface area contributed by atoms with E-state index in [1.54, 1.807) is 0 Å². The predicted molar refractivity (Wildman–Crippen MR) is 41.7 cm³/mol. The van der Waals surface area contributed by atoms with Crippen molar-refractivity contribution >= 4 is 5.97 Å². The van der Waals surface area contributed by atoms with Crippen LogP contribution in [0.3, 0.4) is 0 Å². The zero-order valence-electron chi connectivity index (χ0n) is 7.34. The highest BCUT2D eigenvalue weighted by molar-refractivity contribution is 5.67. The highest BCUT2D eigenvalue weighted by atomic mass is 19.4. The third-order valence-electron chi connectivity index (χ3n) is 2.04. The highest BCUT2D eigenvalue weighted by Gasteiger charge is 2.39. The van der Waals surface area contributed by atoms with Crippen molar-refractivity contribution in [1.82, 2.24) is 10.2 Å². The minimum absolute atomic E-state index is 0.125. The van der Waals surface area contributed by atoms with Crippen LogP contribution in [0.15, 0.2) is 0 Å². The fraction of sp³-hybridized carbons (Fsp3) is 0.857. The van der Waals surface area contributed by atoms with Crippen molar-refractivity contribution in [2.75, 3.05) is 19.6 Å². The molecule has 0 amide bonds. The molecule has 0 aromatic rings. The van der Waals surface area contributed by atoms with E-state index in [1.807, 2.05) is 0 Å². The van der Waals surface area contributed by atoms with Gasteiger partial charge in [-0.3, -0.25) is 4.79 Å². The first-order valence-corrected chi connectivity index (χ1v) is 4.16. The normalized spacial score (nSPS) is 24.9. The van der Waals surface area contributed by atoms with Crippen molar-refractivity contribution in [3.63, 3.8) is 0 Å². The summed E-state index contributed by atoms with van der Waals surface area (Å²) in [4.78, 5) is 10.6. The lowest BCUT2D eigenvalue weighted by atomic mass is 10.1. The van der Waals surface area contributed by atoms with E-state index in [0.29, 0.717) is 4.90 Å². The summed E-state index contributed by atoms with van der Waals surface area (Å²) >= 11 is 0. The molecule has 1 unspecified atom stereocenters. The smallest absolute Gasteiger partial charge is 0.460 e. The third kappa shape index (κ3) is 3.15. The van der Waals surface area contributed by atoms with Gasteiger partial charge in [0, 0.05) is 25.7 Å². The lowest BCUT2D eigenvalue weighted by molar-refractivity contribution is -0.250. The van der Waals surface area contributed by atoms with E-state index in [-0.39, 0.29) is 26.1 Å². The van der Waals surface area contributed by atoms with Gasteiger partial charge in [-0.2, -0.15) is 13.2 Å². The molecule has 14 heavy (non-hydrogen) atoms. The van der Waals surface area contributed by atoms with Crippen molar-refractivity contribution in [3.05, 3.63) is 0 Å². The van der Waals surface area contributed by atoms with Crippen LogP contribution in [0.25, 0.3) is 0 Å². The number of rotatable bonds is 2. The number of carboxylic acid groups (broad SMARTS) is 1. The SMILES string of the molecule is O=C(O)CC1CN(C(F)(F)F)CCN1. The maximum Gasteiger partial charge on any atom is 0.460 e. The van der Waals surface area contributed by atoms with Gasteiger partial charge in [0.05, 0.1) is 6.42 Å². The number of nitrogens with one attached hydrogen (secondary N) is 1. The van der Waals surface area contributed by atoms with Crippen LogP contribution in [-0.2, 0) is 4.79 Å². The Kier molecular flexibility index (Phi) is 3.33. The molecule has 0 aliphatic carbocycles. The number of halogens is 3. The second kappa shape index (κ2) is 4.14. The van der Waals surface area contributed by atoms with Gasteiger partial charge in [0.15, 0.2) is 0 Å². The second-order valence-corrected chi connectivity index (χ2v) is 3.16. The summed E-state index contributed by atoms with van der Waals surface area (Å²) in [7, 11) is 0. The Bertz CT molecular complexity index is 219. The summed E-state index contributed by atoms with van der Waals surface area (Å²) in [5.74, 6) is -1.09. The second-order valence-electron chi connectivity index (χ2n) is 3.16. The van der Waals surface area contributed by atoms with Gasteiger partial charge in [0.2, 0.25) is 0 Å². The number of hydrogen-bond acceptors (Lipinski definition) is 3. The molecule has 1 aliphatic rings. The first-order valence-electron chi connectivity index (χ1n) is 4.16. The fourth-order valence-corrected chi connectivity index (χ4v) is 1.40. The van der Waals surface area contributed by atoms with E-state index < -0.39 is 18.3 Å². The van der Waals surface area contributed by atoms with Gasteiger partial charge in [0.25, 0.3) is 0 Å². The van der Waals surface area contributed by atoms with E-state index in [2.05, 4.69) is 5.32 Å². The summed E-state index contributed by atoms with van der Waals surface area (Å²) < 4.78 is 36.6. The van der Waals surface area contributed by atoms with Gasteiger partial charge in [-0.25, -0.2) is 4.90 Å². The number of nitrogens with zero attached hydrogens (tertiary/aromatic N) is 1. The third-order valence-corrected chi connectivity index (χ3v) is 2.04. The molecular formula is C7H11F3N2O2. The number of hydrogen-bond donors (Lipinski definition) is 2. The minimum Gasteiger partial charge on any atom is -0.481 e. The Balaban J connectivity index is 2.48. The zero-order valence-corrected chi connectivity index (χ0v) is 7.34. The molecule has 1 heterocycles. The van der Waals surface area contributed by atoms with Gasteiger partial charge in [0.1, 0.15) is 0 Å². The molecule has 1 saturated heterocycles. The first kappa shape index (κ1) is 11.3. The number of aliphatic carboxylic acids is 1. The van der Waals surface area contributed by atoms with Crippen molar-refractivity contribution in [2.45, 2.75) is 18.8 Å². The number of alkyl halides is 3. The molecule has 0 spiro atoms. The summed E-state index contributed by atoms with van der Waals surface area (Å²) in [6, 6.07) is -0.622. The van der Waals surface area contributed by atoms with Gasteiger partial charge in [-0.05, 0) is 0 Å². The van der Waals surface area contributed by atoms with Crippen LogP contribution in [0, 0.1) is 0 Å². The monoisotopic (exact) mass is 212 g/mol. The molecular weight excluding hydrogens is 201 g/mol. The van der Waals surface area contributed by atoms with Crippen LogP contribution in [0.2, 0.25) is 0 Å². The fourth-order valence-electron chi connectivity index (χ4n) is 1.40. The molecule has 0 bridgehead atoms. The van der Waals surface area contributed by atoms with Crippen LogP contribution < -0.4 is 5.32 Å². The Morgan fingerprint density at radius 3 is 2.71 bits per heavy atom. The molecule has 0 aromatic carbocycles. The Hall–Kier alpha value is -0.820. The molecule has 0 radical (unpaired) electrons. The quantitative estimate of drug-likeness (QED) is 0.644. The number of carboxylic acids is 1. The summed E-state index contributed by atoms with van der Waals surface area (Å²) in [6.45, 7) is -0.257. The van der Waals surface area contributed by atoms with Crippen molar-refractivity contribution < 1.29 is 23.1 Å². The maximum absolute atomic E-state index is 12.2. The van der Waals surface area contributed by atoms with E-state index >= 15 is 0 Å². The van der Waals surface area contributed by atoms with Crippen LogP contribution in [0.4, 0.5) is 13.2 Å².